The quantitative estimate of drug-likeness (QED) is 0.675. The second kappa shape index (κ2) is 8.57. The summed E-state index contributed by atoms with van der Waals surface area (Å²) >= 11 is 0. The van der Waals surface area contributed by atoms with Crippen molar-refractivity contribution in [1.82, 2.24) is 10.2 Å². The first-order valence-corrected chi connectivity index (χ1v) is 10.7. The Morgan fingerprint density at radius 3 is 2.65 bits per heavy atom. The number of hydrogen-bond acceptors (Lipinski definition) is 4. The third-order valence-corrected chi connectivity index (χ3v) is 6.53. The standard InChI is InChI=1S/C21H27F3N4O3/c22-21(23,24)13-6-7-17(27-10-8-25-19(30)12-27)15(11-13)26-20(31)28-9-2-4-16(28)14-3-1-5-18(14)29/h6-7,11,14,16,18,29H,1-5,8-10,12H2,(H,25,30)(H,26,31). The number of rotatable bonds is 3. The number of likely N-dealkylation sites (tertiary alicyclic amines) is 1. The minimum Gasteiger partial charge on any atom is -0.393 e. The number of nitrogens with zero attached hydrogens (tertiary/aromatic N) is 2. The van der Waals surface area contributed by atoms with Crippen LogP contribution in [0.15, 0.2) is 18.2 Å². The fourth-order valence-electron chi connectivity index (χ4n) is 5.03. The van der Waals surface area contributed by atoms with Gasteiger partial charge in [-0.15, -0.1) is 0 Å². The highest BCUT2D eigenvalue weighted by atomic mass is 19.4. The van der Waals surface area contributed by atoms with Gasteiger partial charge in [0.05, 0.1) is 29.6 Å². The first-order valence-electron chi connectivity index (χ1n) is 10.7. The Bertz CT molecular complexity index is 848. The lowest BCUT2D eigenvalue weighted by molar-refractivity contribution is -0.137. The van der Waals surface area contributed by atoms with E-state index >= 15 is 0 Å². The maximum absolute atomic E-state index is 13.3. The van der Waals surface area contributed by atoms with Crippen LogP contribution in [-0.2, 0) is 11.0 Å². The number of hydrogen-bond donors (Lipinski definition) is 3. The molecule has 3 aliphatic rings. The molecule has 0 spiro atoms. The molecule has 0 radical (unpaired) electrons. The van der Waals surface area contributed by atoms with Crippen LogP contribution in [0.4, 0.5) is 29.3 Å². The van der Waals surface area contributed by atoms with Gasteiger partial charge in [-0.2, -0.15) is 13.2 Å². The Hall–Kier alpha value is -2.49. The average Bonchev–Trinajstić information content (AvgIpc) is 3.35. The molecule has 0 aromatic heterocycles. The number of amides is 3. The molecule has 2 saturated heterocycles. The number of alkyl halides is 3. The lowest BCUT2D eigenvalue weighted by Gasteiger charge is -2.33. The zero-order valence-corrected chi connectivity index (χ0v) is 17.1. The van der Waals surface area contributed by atoms with E-state index in [4.69, 9.17) is 0 Å². The van der Waals surface area contributed by atoms with Gasteiger partial charge in [-0.1, -0.05) is 6.42 Å². The predicted molar refractivity (Wildman–Crippen MR) is 109 cm³/mol. The summed E-state index contributed by atoms with van der Waals surface area (Å²) in [7, 11) is 0. The van der Waals surface area contributed by atoms with Crippen LogP contribution in [0, 0.1) is 5.92 Å². The Labute approximate surface area is 178 Å². The van der Waals surface area contributed by atoms with Crippen molar-refractivity contribution in [3.63, 3.8) is 0 Å². The van der Waals surface area contributed by atoms with Gasteiger partial charge in [0.2, 0.25) is 5.91 Å². The van der Waals surface area contributed by atoms with Crippen LogP contribution in [0.2, 0.25) is 0 Å². The van der Waals surface area contributed by atoms with Crippen LogP contribution in [0.3, 0.4) is 0 Å². The smallest absolute Gasteiger partial charge is 0.393 e. The number of aliphatic hydroxyl groups is 1. The van der Waals surface area contributed by atoms with Crippen molar-refractivity contribution in [2.45, 2.75) is 50.4 Å². The maximum atomic E-state index is 13.3. The Balaban J connectivity index is 1.59. The fourth-order valence-corrected chi connectivity index (χ4v) is 5.03. The van der Waals surface area contributed by atoms with Crippen molar-refractivity contribution in [1.29, 1.82) is 0 Å². The minimum absolute atomic E-state index is 0.0000187. The molecule has 1 aromatic carbocycles. The second-order valence-corrected chi connectivity index (χ2v) is 8.50. The molecule has 3 amide bonds. The monoisotopic (exact) mass is 440 g/mol. The summed E-state index contributed by atoms with van der Waals surface area (Å²) in [5.74, 6) is -0.224. The number of carbonyl (C=O) groups is 2. The van der Waals surface area contributed by atoms with E-state index in [0.717, 1.165) is 37.8 Å². The van der Waals surface area contributed by atoms with Gasteiger partial charge in [0.1, 0.15) is 0 Å². The molecular weight excluding hydrogens is 413 g/mol. The Morgan fingerprint density at radius 1 is 1.16 bits per heavy atom. The summed E-state index contributed by atoms with van der Waals surface area (Å²) in [6, 6.07) is 2.61. The summed E-state index contributed by atoms with van der Waals surface area (Å²) in [4.78, 5) is 28.2. The van der Waals surface area contributed by atoms with E-state index in [1.807, 2.05) is 0 Å². The van der Waals surface area contributed by atoms with E-state index < -0.39 is 23.9 Å². The molecular formula is C21H27F3N4O3. The number of benzene rings is 1. The van der Waals surface area contributed by atoms with Gasteiger partial charge in [-0.05, 0) is 43.9 Å². The van der Waals surface area contributed by atoms with Gasteiger partial charge in [0.25, 0.3) is 0 Å². The largest absolute Gasteiger partial charge is 0.416 e. The molecule has 4 rings (SSSR count). The lowest BCUT2D eigenvalue weighted by atomic mass is 9.94. The number of halogens is 3. The molecule has 2 heterocycles. The topological polar surface area (TPSA) is 84.9 Å². The number of urea groups is 1. The molecule has 0 bridgehead atoms. The van der Waals surface area contributed by atoms with E-state index in [0.29, 0.717) is 31.7 Å². The highest BCUT2D eigenvalue weighted by molar-refractivity contribution is 5.95. The third kappa shape index (κ3) is 4.58. The van der Waals surface area contributed by atoms with Crippen molar-refractivity contribution in [3.8, 4) is 0 Å². The van der Waals surface area contributed by atoms with Gasteiger partial charge in [-0.3, -0.25) is 4.79 Å². The number of carbonyl (C=O) groups excluding carboxylic acids is 2. The molecule has 31 heavy (non-hydrogen) atoms. The third-order valence-electron chi connectivity index (χ3n) is 6.53. The molecule has 3 N–H and O–H groups in total. The van der Waals surface area contributed by atoms with Gasteiger partial charge < -0.3 is 25.5 Å². The lowest BCUT2D eigenvalue weighted by Crippen LogP contribution is -2.48. The zero-order chi connectivity index (χ0) is 22.2. The highest BCUT2D eigenvalue weighted by Gasteiger charge is 2.40. The second-order valence-electron chi connectivity index (χ2n) is 8.50. The normalized spacial score (nSPS) is 26.8. The van der Waals surface area contributed by atoms with Crippen LogP contribution in [-0.4, -0.2) is 60.3 Å². The van der Waals surface area contributed by atoms with Crippen molar-refractivity contribution >= 4 is 23.3 Å². The molecule has 1 aromatic rings. The van der Waals surface area contributed by atoms with Crippen molar-refractivity contribution in [2.75, 3.05) is 36.4 Å². The van der Waals surface area contributed by atoms with E-state index in [2.05, 4.69) is 10.6 Å². The average molecular weight is 440 g/mol. The molecule has 3 fully saturated rings. The zero-order valence-electron chi connectivity index (χ0n) is 17.1. The van der Waals surface area contributed by atoms with Crippen LogP contribution in [0.1, 0.15) is 37.7 Å². The predicted octanol–water partition coefficient (Wildman–Crippen LogP) is 2.80. The summed E-state index contributed by atoms with van der Waals surface area (Å²) in [6.07, 6.45) is -0.971. The first kappa shape index (κ1) is 21.7. The number of piperazine rings is 1. The molecule has 1 saturated carbocycles. The first-order chi connectivity index (χ1) is 14.7. The van der Waals surface area contributed by atoms with E-state index in [-0.39, 0.29) is 30.1 Å². The van der Waals surface area contributed by atoms with Crippen LogP contribution in [0.25, 0.3) is 0 Å². The number of nitrogens with one attached hydrogen (secondary N) is 2. The van der Waals surface area contributed by atoms with E-state index in [1.54, 1.807) is 9.80 Å². The molecule has 3 unspecified atom stereocenters. The number of anilines is 2. The van der Waals surface area contributed by atoms with Gasteiger partial charge in [0.15, 0.2) is 0 Å². The van der Waals surface area contributed by atoms with E-state index in [1.165, 1.54) is 6.07 Å². The van der Waals surface area contributed by atoms with Gasteiger partial charge in [0, 0.05) is 31.6 Å². The van der Waals surface area contributed by atoms with Crippen molar-refractivity contribution in [3.05, 3.63) is 23.8 Å². The van der Waals surface area contributed by atoms with E-state index in [9.17, 15) is 27.9 Å². The summed E-state index contributed by atoms with van der Waals surface area (Å²) in [5, 5.41) is 15.6. The minimum atomic E-state index is -4.55. The van der Waals surface area contributed by atoms with Crippen molar-refractivity contribution < 1.29 is 27.9 Å². The molecule has 170 valence electrons. The van der Waals surface area contributed by atoms with Crippen LogP contribution in [0.5, 0.6) is 0 Å². The van der Waals surface area contributed by atoms with Gasteiger partial charge >= 0.3 is 12.2 Å². The fraction of sp³-hybridized carbons (Fsp3) is 0.619. The Kier molecular flexibility index (Phi) is 6.00. The summed E-state index contributed by atoms with van der Waals surface area (Å²) in [6.45, 7) is 1.32. The molecule has 3 atom stereocenters. The van der Waals surface area contributed by atoms with Crippen LogP contribution < -0.4 is 15.5 Å². The summed E-state index contributed by atoms with van der Waals surface area (Å²) in [5.41, 5.74) is -0.447. The highest BCUT2D eigenvalue weighted by Crippen LogP contribution is 2.38. The van der Waals surface area contributed by atoms with Gasteiger partial charge in [-0.25, -0.2) is 4.79 Å². The SMILES string of the molecule is O=C1CN(c2ccc(C(F)(F)F)cc2NC(=O)N2CCCC2C2CCCC2O)CCN1. The molecule has 7 nitrogen and oxygen atoms in total. The molecule has 1 aliphatic carbocycles. The van der Waals surface area contributed by atoms with Crippen LogP contribution >= 0.6 is 0 Å². The number of aliphatic hydroxyl groups excluding tert-OH is 1. The molecule has 10 heteroatoms. The Morgan fingerprint density at radius 2 is 1.97 bits per heavy atom. The molecule has 2 aliphatic heterocycles. The summed E-state index contributed by atoms with van der Waals surface area (Å²) < 4.78 is 40.0. The van der Waals surface area contributed by atoms with Crippen molar-refractivity contribution in [2.24, 2.45) is 5.92 Å². The maximum Gasteiger partial charge on any atom is 0.416 e.